The summed E-state index contributed by atoms with van der Waals surface area (Å²) in [5.74, 6) is 0.680. The van der Waals surface area contributed by atoms with Crippen molar-refractivity contribution in [1.82, 2.24) is 14.5 Å². The Balaban J connectivity index is 1.46. The van der Waals surface area contributed by atoms with Crippen molar-refractivity contribution in [2.75, 3.05) is 0 Å². The van der Waals surface area contributed by atoms with Gasteiger partial charge in [-0.15, -0.1) is 0 Å². The number of para-hydroxylation sites is 1. The molecular formula is C37H27N3. The van der Waals surface area contributed by atoms with Crippen molar-refractivity contribution in [3.05, 3.63) is 139 Å². The SMILES string of the molecule is CC1(C)c2ccccc2-c2cc3c4ccccc4n(-c4nc(-c5ccccc5)cc(-c5ccccc5)n4)c3cc21. The average Bonchev–Trinajstić information content (AvgIpc) is 3.45. The first-order chi connectivity index (χ1) is 19.6. The van der Waals surface area contributed by atoms with E-state index < -0.39 is 0 Å². The highest BCUT2D eigenvalue weighted by atomic mass is 15.2. The van der Waals surface area contributed by atoms with Gasteiger partial charge in [-0.3, -0.25) is 4.57 Å². The van der Waals surface area contributed by atoms with Crippen LogP contribution in [0.25, 0.3) is 61.4 Å². The lowest BCUT2D eigenvalue weighted by molar-refractivity contribution is 0.661. The van der Waals surface area contributed by atoms with Gasteiger partial charge in [0.15, 0.2) is 0 Å². The normalized spacial score (nSPS) is 13.4. The van der Waals surface area contributed by atoms with E-state index in [1.807, 2.05) is 12.1 Å². The summed E-state index contributed by atoms with van der Waals surface area (Å²) in [6, 6.07) is 45.0. The third kappa shape index (κ3) is 3.31. The van der Waals surface area contributed by atoms with Crippen molar-refractivity contribution in [2.45, 2.75) is 19.3 Å². The molecule has 0 radical (unpaired) electrons. The molecule has 0 bridgehead atoms. The zero-order valence-corrected chi connectivity index (χ0v) is 22.5. The summed E-state index contributed by atoms with van der Waals surface area (Å²) in [6.07, 6.45) is 0. The van der Waals surface area contributed by atoms with Crippen LogP contribution in [0.15, 0.2) is 127 Å². The van der Waals surface area contributed by atoms with Gasteiger partial charge in [0.1, 0.15) is 0 Å². The minimum atomic E-state index is -0.0939. The van der Waals surface area contributed by atoms with Crippen molar-refractivity contribution in [1.29, 1.82) is 0 Å². The summed E-state index contributed by atoms with van der Waals surface area (Å²) in [5, 5.41) is 2.43. The molecule has 0 amide bonds. The van der Waals surface area contributed by atoms with Crippen LogP contribution in [0.2, 0.25) is 0 Å². The fourth-order valence-electron chi connectivity index (χ4n) is 6.43. The summed E-state index contributed by atoms with van der Waals surface area (Å²) in [5.41, 5.74) is 11.5. The second-order valence-electron chi connectivity index (χ2n) is 11.1. The molecule has 0 aliphatic heterocycles. The van der Waals surface area contributed by atoms with Crippen LogP contribution in [0.5, 0.6) is 0 Å². The van der Waals surface area contributed by atoms with E-state index in [0.717, 1.165) is 33.5 Å². The molecule has 0 unspecified atom stereocenters. The van der Waals surface area contributed by atoms with E-state index in [-0.39, 0.29) is 5.41 Å². The highest BCUT2D eigenvalue weighted by Gasteiger charge is 2.36. The number of fused-ring (bicyclic) bond motifs is 6. The third-order valence-corrected chi connectivity index (χ3v) is 8.43. The molecule has 40 heavy (non-hydrogen) atoms. The molecule has 0 N–H and O–H groups in total. The van der Waals surface area contributed by atoms with Gasteiger partial charge in [-0.1, -0.05) is 117 Å². The molecule has 1 aliphatic rings. The molecule has 1 aliphatic carbocycles. The first kappa shape index (κ1) is 22.9. The Morgan fingerprint density at radius 2 is 1.10 bits per heavy atom. The lowest BCUT2D eigenvalue weighted by Crippen LogP contribution is -2.15. The lowest BCUT2D eigenvalue weighted by atomic mass is 9.82. The zero-order chi connectivity index (χ0) is 26.8. The number of nitrogens with zero attached hydrogens (tertiary/aromatic N) is 3. The first-order valence-corrected chi connectivity index (χ1v) is 13.8. The van der Waals surface area contributed by atoms with Crippen LogP contribution in [-0.2, 0) is 5.41 Å². The number of hydrogen-bond acceptors (Lipinski definition) is 2. The van der Waals surface area contributed by atoms with Crippen molar-refractivity contribution < 1.29 is 0 Å². The Bertz CT molecular complexity index is 2010. The van der Waals surface area contributed by atoms with Crippen molar-refractivity contribution >= 4 is 21.8 Å². The Morgan fingerprint density at radius 3 is 1.80 bits per heavy atom. The molecule has 5 aromatic carbocycles. The number of hydrogen-bond donors (Lipinski definition) is 0. The summed E-state index contributed by atoms with van der Waals surface area (Å²) in [7, 11) is 0. The van der Waals surface area contributed by atoms with E-state index in [4.69, 9.17) is 9.97 Å². The van der Waals surface area contributed by atoms with Gasteiger partial charge in [0.05, 0.1) is 22.4 Å². The molecule has 0 saturated heterocycles. The minimum Gasteiger partial charge on any atom is -0.278 e. The predicted molar refractivity (Wildman–Crippen MR) is 165 cm³/mol. The molecule has 2 heterocycles. The molecule has 0 saturated carbocycles. The largest absolute Gasteiger partial charge is 0.278 e. The van der Waals surface area contributed by atoms with Gasteiger partial charge in [-0.05, 0) is 46.5 Å². The van der Waals surface area contributed by atoms with Crippen LogP contribution in [0, 0.1) is 0 Å². The van der Waals surface area contributed by atoms with Crippen LogP contribution < -0.4 is 0 Å². The Kier molecular flexibility index (Phi) is 4.86. The van der Waals surface area contributed by atoms with Gasteiger partial charge in [0.2, 0.25) is 5.95 Å². The van der Waals surface area contributed by atoms with Gasteiger partial charge < -0.3 is 0 Å². The maximum atomic E-state index is 5.19. The van der Waals surface area contributed by atoms with Gasteiger partial charge in [-0.25, -0.2) is 9.97 Å². The molecule has 3 nitrogen and oxygen atoms in total. The number of rotatable bonds is 3. The molecule has 7 aromatic rings. The Hall–Kier alpha value is -5.02. The van der Waals surface area contributed by atoms with Gasteiger partial charge >= 0.3 is 0 Å². The van der Waals surface area contributed by atoms with E-state index in [1.54, 1.807) is 0 Å². The molecule has 190 valence electrons. The van der Waals surface area contributed by atoms with Gasteiger partial charge in [0, 0.05) is 27.3 Å². The summed E-state index contributed by atoms with van der Waals surface area (Å²) < 4.78 is 2.25. The van der Waals surface area contributed by atoms with Gasteiger partial charge in [0.25, 0.3) is 0 Å². The molecule has 8 rings (SSSR count). The van der Waals surface area contributed by atoms with Crippen LogP contribution in [0.3, 0.4) is 0 Å². The van der Waals surface area contributed by atoms with E-state index in [1.165, 1.54) is 33.0 Å². The van der Waals surface area contributed by atoms with Crippen molar-refractivity contribution in [3.8, 4) is 39.6 Å². The molecule has 0 atom stereocenters. The van der Waals surface area contributed by atoms with Crippen LogP contribution in [0.4, 0.5) is 0 Å². The Labute approximate surface area is 233 Å². The van der Waals surface area contributed by atoms with E-state index in [2.05, 4.69) is 134 Å². The minimum absolute atomic E-state index is 0.0939. The molecule has 0 fully saturated rings. The first-order valence-electron chi connectivity index (χ1n) is 13.8. The Morgan fingerprint density at radius 1 is 0.500 bits per heavy atom. The second kappa shape index (κ2) is 8.49. The molecule has 0 spiro atoms. The van der Waals surface area contributed by atoms with Crippen LogP contribution >= 0.6 is 0 Å². The van der Waals surface area contributed by atoms with Crippen molar-refractivity contribution in [2.24, 2.45) is 0 Å². The average molecular weight is 514 g/mol. The standard InChI is InChI=1S/C37H27N3/c1-37(2)30-19-11-9-17-26(30)28-21-29-27-18-10-12-20-34(27)40(35(29)22-31(28)37)36-38-32(24-13-5-3-6-14-24)23-33(39-36)25-15-7-4-8-16-25/h3-23H,1-2H3. The van der Waals surface area contributed by atoms with E-state index in [0.29, 0.717) is 5.95 Å². The number of benzene rings is 5. The monoisotopic (exact) mass is 513 g/mol. The maximum Gasteiger partial charge on any atom is 0.235 e. The fourth-order valence-corrected chi connectivity index (χ4v) is 6.43. The zero-order valence-electron chi connectivity index (χ0n) is 22.5. The smallest absolute Gasteiger partial charge is 0.235 e. The number of aromatic nitrogens is 3. The fraction of sp³-hybridized carbons (Fsp3) is 0.0811. The summed E-state index contributed by atoms with van der Waals surface area (Å²) >= 11 is 0. The van der Waals surface area contributed by atoms with Gasteiger partial charge in [-0.2, -0.15) is 0 Å². The van der Waals surface area contributed by atoms with Crippen molar-refractivity contribution in [3.63, 3.8) is 0 Å². The topological polar surface area (TPSA) is 30.7 Å². The lowest BCUT2D eigenvalue weighted by Gasteiger charge is -2.21. The second-order valence-corrected chi connectivity index (χ2v) is 11.1. The van der Waals surface area contributed by atoms with Crippen LogP contribution in [-0.4, -0.2) is 14.5 Å². The third-order valence-electron chi connectivity index (χ3n) is 8.43. The maximum absolute atomic E-state index is 5.19. The molecular weight excluding hydrogens is 486 g/mol. The predicted octanol–water partition coefficient (Wildman–Crippen LogP) is 9.21. The highest BCUT2D eigenvalue weighted by Crippen LogP contribution is 2.50. The summed E-state index contributed by atoms with van der Waals surface area (Å²) in [6.45, 7) is 4.66. The van der Waals surface area contributed by atoms with Crippen LogP contribution in [0.1, 0.15) is 25.0 Å². The van der Waals surface area contributed by atoms with E-state index in [9.17, 15) is 0 Å². The molecule has 3 heteroatoms. The highest BCUT2D eigenvalue weighted by molar-refractivity contribution is 6.11. The quantitative estimate of drug-likeness (QED) is 0.236. The van der Waals surface area contributed by atoms with E-state index >= 15 is 0 Å². The summed E-state index contributed by atoms with van der Waals surface area (Å²) in [4.78, 5) is 10.4. The molecule has 2 aromatic heterocycles.